The van der Waals surface area contributed by atoms with Gasteiger partial charge in [0.1, 0.15) is 0 Å². The summed E-state index contributed by atoms with van der Waals surface area (Å²) >= 11 is 0. The van der Waals surface area contributed by atoms with E-state index >= 15 is 0 Å². The summed E-state index contributed by atoms with van der Waals surface area (Å²) in [6, 6.07) is 2.85. The van der Waals surface area contributed by atoms with Gasteiger partial charge in [0, 0.05) is 6.42 Å². The largest absolute Gasteiger partial charge is 0.504 e. The third-order valence-electron chi connectivity index (χ3n) is 1.75. The van der Waals surface area contributed by atoms with Crippen LogP contribution in [0.15, 0.2) is 12.1 Å². The molecule has 0 radical (unpaired) electrons. The van der Waals surface area contributed by atoms with Gasteiger partial charge in [0.25, 0.3) is 0 Å². The van der Waals surface area contributed by atoms with E-state index in [2.05, 4.69) is 5.92 Å². The van der Waals surface area contributed by atoms with Gasteiger partial charge in [-0.05, 0) is 18.1 Å². The second-order valence-electron chi connectivity index (χ2n) is 2.65. The average Bonchev–Trinajstić information content (AvgIpc) is 2.13. The molecule has 0 saturated carbocycles. The Morgan fingerprint density at radius 1 is 1.15 bits per heavy atom. The van der Waals surface area contributed by atoms with Crippen molar-refractivity contribution in [1.82, 2.24) is 0 Å². The van der Waals surface area contributed by atoms with E-state index in [1.807, 2.05) is 0 Å². The fraction of sp³-hybridized carbons (Fsp3) is 0.200. The number of aryl methyl sites for hydroxylation is 1. The normalized spacial score (nSPS) is 9.46. The Balaban J connectivity index is 2.98. The minimum Gasteiger partial charge on any atom is -0.504 e. The first-order valence-electron chi connectivity index (χ1n) is 3.83. The molecule has 1 rings (SSSR count). The summed E-state index contributed by atoms with van der Waals surface area (Å²) in [7, 11) is 0. The Bertz CT molecular complexity index is 350. The van der Waals surface area contributed by atoms with Crippen molar-refractivity contribution in [2.24, 2.45) is 0 Å². The summed E-state index contributed by atoms with van der Waals surface area (Å²) in [6.45, 7) is 0. The Kier molecular flexibility index (Phi) is 2.65. The van der Waals surface area contributed by atoms with Crippen LogP contribution in [0.4, 0.5) is 0 Å². The fourth-order valence-electron chi connectivity index (χ4n) is 1.02. The first kappa shape index (κ1) is 9.27. The highest BCUT2D eigenvalue weighted by Crippen LogP contribution is 2.37. The van der Waals surface area contributed by atoms with Crippen molar-refractivity contribution in [3.05, 3.63) is 17.7 Å². The molecule has 3 N–H and O–H groups in total. The van der Waals surface area contributed by atoms with Gasteiger partial charge in [0.15, 0.2) is 11.5 Å². The van der Waals surface area contributed by atoms with Crippen LogP contribution in [0.2, 0.25) is 0 Å². The molecule has 0 aliphatic heterocycles. The number of phenolic OH excluding ortho intramolecular Hbond substituents is 3. The molecule has 68 valence electrons. The van der Waals surface area contributed by atoms with Gasteiger partial charge < -0.3 is 15.3 Å². The number of hydrogen-bond acceptors (Lipinski definition) is 3. The number of rotatable bonds is 2. The number of aromatic hydroxyl groups is 3. The zero-order valence-corrected chi connectivity index (χ0v) is 6.99. The van der Waals surface area contributed by atoms with E-state index in [0.717, 1.165) is 0 Å². The van der Waals surface area contributed by atoms with Crippen LogP contribution in [0.1, 0.15) is 12.0 Å². The Labute approximate surface area is 76.3 Å². The third-order valence-corrected chi connectivity index (χ3v) is 1.75. The lowest BCUT2D eigenvalue weighted by molar-refractivity contribution is 0.365. The summed E-state index contributed by atoms with van der Waals surface area (Å²) in [4.78, 5) is 0. The van der Waals surface area contributed by atoms with Crippen LogP contribution in [0, 0.1) is 12.3 Å². The molecule has 1 aromatic rings. The summed E-state index contributed by atoms with van der Waals surface area (Å²) in [5, 5.41) is 27.5. The Hall–Kier alpha value is -1.82. The van der Waals surface area contributed by atoms with Gasteiger partial charge in [-0.1, -0.05) is 6.07 Å². The number of hydrogen-bond donors (Lipinski definition) is 3. The lowest BCUT2D eigenvalue weighted by atomic mass is 10.1. The van der Waals surface area contributed by atoms with E-state index in [1.165, 1.54) is 12.1 Å². The van der Waals surface area contributed by atoms with Gasteiger partial charge in [-0.15, -0.1) is 12.3 Å². The molecule has 3 nitrogen and oxygen atoms in total. The summed E-state index contributed by atoms with van der Waals surface area (Å²) in [6.07, 6.45) is 6.02. The molecule has 13 heavy (non-hydrogen) atoms. The average molecular weight is 178 g/mol. The van der Waals surface area contributed by atoms with E-state index < -0.39 is 5.75 Å². The zero-order chi connectivity index (χ0) is 9.84. The standard InChI is InChI=1S/C10H10O3/c1-2-3-4-7-5-6-8(11)10(13)9(7)12/h1,5-6,11-13H,3-4H2. The minimum atomic E-state index is -0.491. The molecule has 0 amide bonds. The van der Waals surface area contributed by atoms with Crippen LogP contribution in [-0.2, 0) is 6.42 Å². The lowest BCUT2D eigenvalue weighted by Gasteiger charge is -2.05. The van der Waals surface area contributed by atoms with Crippen molar-refractivity contribution in [3.8, 4) is 29.6 Å². The molecule has 0 spiro atoms. The highest BCUT2D eigenvalue weighted by Gasteiger charge is 2.09. The second-order valence-corrected chi connectivity index (χ2v) is 2.65. The van der Waals surface area contributed by atoms with Crippen molar-refractivity contribution in [1.29, 1.82) is 0 Å². The topological polar surface area (TPSA) is 60.7 Å². The van der Waals surface area contributed by atoms with Crippen LogP contribution in [0.5, 0.6) is 17.2 Å². The SMILES string of the molecule is C#CCCc1ccc(O)c(O)c1O. The first-order chi connectivity index (χ1) is 6.16. The maximum Gasteiger partial charge on any atom is 0.200 e. The first-order valence-corrected chi connectivity index (χ1v) is 3.83. The number of benzene rings is 1. The van der Waals surface area contributed by atoms with Gasteiger partial charge in [-0.3, -0.25) is 0 Å². The molecule has 3 heteroatoms. The smallest absolute Gasteiger partial charge is 0.200 e. The summed E-state index contributed by atoms with van der Waals surface area (Å²) in [5.41, 5.74) is 0.535. The van der Waals surface area contributed by atoms with Crippen molar-refractivity contribution in [2.75, 3.05) is 0 Å². The molecule has 0 aromatic heterocycles. The van der Waals surface area contributed by atoms with E-state index in [9.17, 15) is 5.11 Å². The predicted octanol–water partition coefficient (Wildman–Crippen LogP) is 1.37. The van der Waals surface area contributed by atoms with E-state index in [4.69, 9.17) is 16.6 Å². The van der Waals surface area contributed by atoms with Crippen LogP contribution in [-0.4, -0.2) is 15.3 Å². The van der Waals surface area contributed by atoms with Crippen molar-refractivity contribution in [3.63, 3.8) is 0 Å². The molecule has 0 bridgehead atoms. The lowest BCUT2D eigenvalue weighted by Crippen LogP contribution is -1.85. The molecule has 1 aromatic carbocycles. The van der Waals surface area contributed by atoms with Crippen molar-refractivity contribution < 1.29 is 15.3 Å². The maximum atomic E-state index is 9.33. The zero-order valence-electron chi connectivity index (χ0n) is 6.99. The second kappa shape index (κ2) is 3.72. The summed E-state index contributed by atoms with van der Waals surface area (Å²) in [5.74, 6) is 1.30. The Morgan fingerprint density at radius 2 is 1.85 bits per heavy atom. The van der Waals surface area contributed by atoms with Gasteiger partial charge in [-0.2, -0.15) is 0 Å². The van der Waals surface area contributed by atoms with Crippen LogP contribution in [0.3, 0.4) is 0 Å². The minimum absolute atomic E-state index is 0.296. The fourth-order valence-corrected chi connectivity index (χ4v) is 1.02. The maximum absolute atomic E-state index is 9.33. The molecular weight excluding hydrogens is 168 g/mol. The predicted molar refractivity (Wildman–Crippen MR) is 48.6 cm³/mol. The number of terminal acetylenes is 1. The monoisotopic (exact) mass is 178 g/mol. The molecule has 0 aliphatic rings. The van der Waals surface area contributed by atoms with Crippen LogP contribution < -0.4 is 0 Å². The van der Waals surface area contributed by atoms with Gasteiger partial charge in [-0.25, -0.2) is 0 Å². The molecule has 0 fully saturated rings. The number of phenols is 3. The van der Waals surface area contributed by atoms with Gasteiger partial charge in [0.05, 0.1) is 0 Å². The van der Waals surface area contributed by atoms with Gasteiger partial charge in [0.2, 0.25) is 5.75 Å². The van der Waals surface area contributed by atoms with Crippen LogP contribution in [0.25, 0.3) is 0 Å². The molecule has 0 heterocycles. The van der Waals surface area contributed by atoms with Crippen molar-refractivity contribution >= 4 is 0 Å². The summed E-state index contributed by atoms with van der Waals surface area (Å²) < 4.78 is 0. The molecular formula is C10H10O3. The van der Waals surface area contributed by atoms with E-state index in [-0.39, 0.29) is 11.5 Å². The highest BCUT2D eigenvalue weighted by molar-refractivity contribution is 5.53. The van der Waals surface area contributed by atoms with Crippen molar-refractivity contribution in [2.45, 2.75) is 12.8 Å². The third kappa shape index (κ3) is 1.85. The van der Waals surface area contributed by atoms with Gasteiger partial charge >= 0.3 is 0 Å². The molecule has 0 unspecified atom stereocenters. The van der Waals surface area contributed by atoms with E-state index in [1.54, 1.807) is 0 Å². The Morgan fingerprint density at radius 3 is 2.46 bits per heavy atom. The highest BCUT2D eigenvalue weighted by atomic mass is 16.3. The molecule has 0 saturated heterocycles. The van der Waals surface area contributed by atoms with E-state index in [0.29, 0.717) is 18.4 Å². The van der Waals surface area contributed by atoms with Crippen LogP contribution >= 0.6 is 0 Å². The molecule has 0 aliphatic carbocycles. The molecule has 0 atom stereocenters. The quantitative estimate of drug-likeness (QED) is 0.473.